The van der Waals surface area contributed by atoms with Gasteiger partial charge in [-0.15, -0.1) is 0 Å². The second-order valence-corrected chi connectivity index (χ2v) is 6.52. The molecule has 27 heavy (non-hydrogen) atoms. The summed E-state index contributed by atoms with van der Waals surface area (Å²) < 4.78 is 22.8. The predicted molar refractivity (Wildman–Crippen MR) is 104 cm³/mol. The molecule has 1 saturated heterocycles. The van der Waals surface area contributed by atoms with Crippen molar-refractivity contribution in [1.29, 1.82) is 0 Å². The van der Waals surface area contributed by atoms with Crippen LogP contribution in [-0.2, 0) is 4.74 Å². The number of nitrogens with one attached hydrogen (secondary N) is 2. The molecule has 0 saturated carbocycles. The summed E-state index contributed by atoms with van der Waals surface area (Å²) in [6.45, 7) is 1.49. The first kappa shape index (κ1) is 17.7. The summed E-state index contributed by atoms with van der Waals surface area (Å²) in [4.78, 5) is 3.33. The largest absolute Gasteiger partial charge is 0.493 e. The van der Waals surface area contributed by atoms with E-state index in [2.05, 4.69) is 22.4 Å². The maximum atomic E-state index is 6.46. The van der Waals surface area contributed by atoms with Crippen molar-refractivity contribution in [3.05, 3.63) is 53.7 Å². The van der Waals surface area contributed by atoms with Crippen LogP contribution in [0.15, 0.2) is 42.6 Å². The Balaban J connectivity index is 1.65. The monoisotopic (exact) mass is 368 g/mol. The molecule has 1 aliphatic rings. The standard InChI is InChI=1S/C21H24N2O4/c1-24-17-8-13(9-18(25-2)21(17)26-3)19-11-22-12-20(27-19)15-10-23-16-7-5-4-6-14(15)16/h4-10,19-20,22-23H,11-12H2,1-3H3/t19-,20+/m0/s1. The maximum absolute atomic E-state index is 6.46. The lowest BCUT2D eigenvalue weighted by Gasteiger charge is -2.31. The summed E-state index contributed by atoms with van der Waals surface area (Å²) >= 11 is 0. The first-order valence-electron chi connectivity index (χ1n) is 8.97. The maximum Gasteiger partial charge on any atom is 0.203 e. The summed E-state index contributed by atoms with van der Waals surface area (Å²) in [6, 6.07) is 12.2. The number of fused-ring (bicyclic) bond motifs is 1. The van der Waals surface area contributed by atoms with Gasteiger partial charge in [-0.2, -0.15) is 0 Å². The van der Waals surface area contributed by atoms with E-state index >= 15 is 0 Å². The van der Waals surface area contributed by atoms with Crippen LogP contribution in [0.25, 0.3) is 10.9 Å². The fraction of sp³-hybridized carbons (Fsp3) is 0.333. The van der Waals surface area contributed by atoms with Crippen LogP contribution in [0.5, 0.6) is 17.2 Å². The molecule has 2 atom stereocenters. The Kier molecular flexibility index (Phi) is 4.92. The van der Waals surface area contributed by atoms with E-state index in [9.17, 15) is 0 Å². The molecule has 1 aliphatic heterocycles. The Morgan fingerprint density at radius 2 is 1.63 bits per heavy atom. The molecule has 2 N–H and O–H groups in total. The number of rotatable bonds is 5. The number of H-pyrrole nitrogens is 1. The number of hydrogen-bond acceptors (Lipinski definition) is 5. The molecule has 2 heterocycles. The van der Waals surface area contributed by atoms with Crippen molar-refractivity contribution >= 4 is 10.9 Å². The molecule has 0 spiro atoms. The van der Waals surface area contributed by atoms with Gasteiger partial charge < -0.3 is 29.2 Å². The quantitative estimate of drug-likeness (QED) is 0.720. The lowest BCUT2D eigenvalue weighted by Crippen LogP contribution is -2.35. The van der Waals surface area contributed by atoms with Gasteiger partial charge in [-0.3, -0.25) is 0 Å². The second-order valence-electron chi connectivity index (χ2n) is 6.52. The highest BCUT2D eigenvalue weighted by molar-refractivity contribution is 5.83. The zero-order chi connectivity index (χ0) is 18.8. The highest BCUT2D eigenvalue weighted by Crippen LogP contribution is 2.42. The van der Waals surface area contributed by atoms with Crippen LogP contribution < -0.4 is 19.5 Å². The molecule has 0 unspecified atom stereocenters. The van der Waals surface area contributed by atoms with E-state index in [0.29, 0.717) is 17.2 Å². The molecular formula is C21H24N2O4. The van der Waals surface area contributed by atoms with E-state index < -0.39 is 0 Å². The Hall–Kier alpha value is -2.70. The number of benzene rings is 2. The summed E-state index contributed by atoms with van der Waals surface area (Å²) in [5.74, 6) is 1.84. The van der Waals surface area contributed by atoms with Gasteiger partial charge in [0, 0.05) is 35.8 Å². The molecule has 1 fully saturated rings. The first-order valence-corrected chi connectivity index (χ1v) is 8.97. The molecule has 0 amide bonds. The highest BCUT2D eigenvalue weighted by Gasteiger charge is 2.28. The van der Waals surface area contributed by atoms with E-state index in [1.165, 1.54) is 5.39 Å². The summed E-state index contributed by atoms with van der Waals surface area (Å²) in [5.41, 5.74) is 3.27. The molecule has 0 bridgehead atoms. The molecule has 2 aromatic carbocycles. The van der Waals surface area contributed by atoms with Crippen LogP contribution in [0.2, 0.25) is 0 Å². The van der Waals surface area contributed by atoms with Crippen molar-refractivity contribution < 1.29 is 18.9 Å². The number of aromatic amines is 1. The summed E-state index contributed by atoms with van der Waals surface area (Å²) in [7, 11) is 4.84. The second kappa shape index (κ2) is 7.50. The number of morpholine rings is 1. The van der Waals surface area contributed by atoms with Crippen molar-refractivity contribution in [2.45, 2.75) is 12.2 Å². The van der Waals surface area contributed by atoms with Crippen LogP contribution in [0.3, 0.4) is 0 Å². The van der Waals surface area contributed by atoms with Gasteiger partial charge in [0.2, 0.25) is 5.75 Å². The number of para-hydroxylation sites is 1. The van der Waals surface area contributed by atoms with Crippen LogP contribution in [0, 0.1) is 0 Å². The third-order valence-corrected chi connectivity index (χ3v) is 5.01. The number of ether oxygens (including phenoxy) is 4. The van der Waals surface area contributed by atoms with Gasteiger partial charge in [-0.25, -0.2) is 0 Å². The van der Waals surface area contributed by atoms with Gasteiger partial charge in [0.15, 0.2) is 11.5 Å². The van der Waals surface area contributed by atoms with E-state index in [0.717, 1.165) is 29.7 Å². The molecule has 1 aromatic heterocycles. The lowest BCUT2D eigenvalue weighted by molar-refractivity contribution is -0.0400. The average Bonchev–Trinajstić information content (AvgIpc) is 3.17. The van der Waals surface area contributed by atoms with Crippen molar-refractivity contribution in [3.8, 4) is 17.2 Å². The highest BCUT2D eigenvalue weighted by atomic mass is 16.5. The number of aromatic nitrogens is 1. The predicted octanol–water partition coefficient (Wildman–Crippen LogP) is 3.60. The molecule has 0 aliphatic carbocycles. The molecule has 0 radical (unpaired) electrons. The van der Waals surface area contributed by atoms with E-state index in [1.807, 2.05) is 30.5 Å². The van der Waals surface area contributed by atoms with E-state index in [-0.39, 0.29) is 12.2 Å². The lowest BCUT2D eigenvalue weighted by atomic mass is 10.0. The molecule has 142 valence electrons. The first-order chi connectivity index (χ1) is 13.2. The molecular weight excluding hydrogens is 344 g/mol. The number of methoxy groups -OCH3 is 3. The minimum absolute atomic E-state index is 0.0426. The van der Waals surface area contributed by atoms with Crippen molar-refractivity contribution in [1.82, 2.24) is 10.3 Å². The van der Waals surface area contributed by atoms with Gasteiger partial charge in [-0.1, -0.05) is 18.2 Å². The minimum Gasteiger partial charge on any atom is -0.493 e. The Morgan fingerprint density at radius 3 is 2.33 bits per heavy atom. The SMILES string of the molecule is COc1cc([C@@H]2CNC[C@H](c3c[nH]c4ccccc34)O2)cc(OC)c1OC. The zero-order valence-corrected chi connectivity index (χ0v) is 15.7. The van der Waals surface area contributed by atoms with Crippen LogP contribution in [-0.4, -0.2) is 39.4 Å². The third-order valence-electron chi connectivity index (χ3n) is 5.01. The minimum atomic E-state index is -0.119. The van der Waals surface area contributed by atoms with Gasteiger partial charge >= 0.3 is 0 Å². The van der Waals surface area contributed by atoms with E-state index in [4.69, 9.17) is 18.9 Å². The normalized spacial score (nSPS) is 19.8. The Labute approximate surface area is 158 Å². The molecule has 6 nitrogen and oxygen atoms in total. The number of hydrogen-bond donors (Lipinski definition) is 2. The fourth-order valence-electron chi connectivity index (χ4n) is 3.67. The zero-order valence-electron chi connectivity index (χ0n) is 15.7. The molecule has 3 aromatic rings. The van der Waals surface area contributed by atoms with Gasteiger partial charge in [0.25, 0.3) is 0 Å². The van der Waals surface area contributed by atoms with Gasteiger partial charge in [0.1, 0.15) is 0 Å². The van der Waals surface area contributed by atoms with Gasteiger partial charge in [0.05, 0.1) is 33.5 Å². The molecule has 6 heteroatoms. The van der Waals surface area contributed by atoms with Crippen LogP contribution in [0.4, 0.5) is 0 Å². The van der Waals surface area contributed by atoms with Crippen LogP contribution in [0.1, 0.15) is 23.3 Å². The third kappa shape index (κ3) is 3.22. The van der Waals surface area contributed by atoms with Gasteiger partial charge in [-0.05, 0) is 23.8 Å². The topological polar surface area (TPSA) is 64.7 Å². The Bertz CT molecular complexity index is 912. The molecule has 4 rings (SSSR count). The van der Waals surface area contributed by atoms with Crippen LogP contribution >= 0.6 is 0 Å². The smallest absolute Gasteiger partial charge is 0.203 e. The van der Waals surface area contributed by atoms with Crippen molar-refractivity contribution in [2.24, 2.45) is 0 Å². The fourth-order valence-corrected chi connectivity index (χ4v) is 3.67. The summed E-state index contributed by atoms with van der Waals surface area (Å²) in [6.07, 6.45) is 1.87. The van der Waals surface area contributed by atoms with Crippen molar-refractivity contribution in [2.75, 3.05) is 34.4 Å². The Morgan fingerprint density at radius 1 is 0.926 bits per heavy atom. The van der Waals surface area contributed by atoms with Crippen molar-refractivity contribution in [3.63, 3.8) is 0 Å². The average molecular weight is 368 g/mol. The van der Waals surface area contributed by atoms with E-state index in [1.54, 1.807) is 21.3 Å². The summed E-state index contributed by atoms with van der Waals surface area (Å²) in [5, 5.41) is 4.68.